The molecule has 0 fully saturated rings. The van der Waals surface area contributed by atoms with E-state index in [-0.39, 0.29) is 13.0 Å². The molecule has 0 aromatic heterocycles. The van der Waals surface area contributed by atoms with Gasteiger partial charge in [-0.3, -0.25) is 9.59 Å². The highest BCUT2D eigenvalue weighted by Crippen LogP contribution is 2.21. The van der Waals surface area contributed by atoms with Crippen LogP contribution in [-0.2, 0) is 9.59 Å². The highest BCUT2D eigenvalue weighted by molar-refractivity contribution is 6.21. The van der Waals surface area contributed by atoms with Gasteiger partial charge in [-0.2, -0.15) is 13.2 Å². The van der Waals surface area contributed by atoms with Gasteiger partial charge in [-0.25, -0.2) is 0 Å². The highest BCUT2D eigenvalue weighted by Gasteiger charge is 2.43. The molecular formula is C7H6F3NO2. The minimum Gasteiger partial charge on any atom is -0.352 e. The smallest absolute Gasteiger partial charge is 0.352 e. The Kier molecular flexibility index (Phi) is 2.40. The van der Waals surface area contributed by atoms with Crippen LogP contribution in [0, 0.1) is 0 Å². The van der Waals surface area contributed by atoms with Crippen molar-refractivity contribution >= 4 is 11.7 Å². The Bertz CT molecular complexity index is 280. The number of hydrogen-bond acceptors (Lipinski definition) is 2. The third-order valence-corrected chi connectivity index (χ3v) is 1.53. The minimum atomic E-state index is -4.97. The summed E-state index contributed by atoms with van der Waals surface area (Å²) in [5, 5.41) is 2.16. The van der Waals surface area contributed by atoms with E-state index in [1.807, 2.05) is 0 Å². The van der Waals surface area contributed by atoms with E-state index in [2.05, 4.69) is 5.32 Å². The van der Waals surface area contributed by atoms with Crippen LogP contribution in [0.1, 0.15) is 6.42 Å². The standard InChI is InChI=1S/C7H6F3NO2/c8-7(9,10)5(12)4-2-1-3-11-6(4)13/h2H,1,3H2,(H,11,13). The molecule has 72 valence electrons. The Hall–Kier alpha value is -1.33. The average Bonchev–Trinajstić information content (AvgIpc) is 2.02. The van der Waals surface area contributed by atoms with Gasteiger partial charge in [0.15, 0.2) is 0 Å². The number of Topliss-reactive ketones (excluding diaryl/α,β-unsaturated/α-hetero) is 1. The number of ketones is 1. The van der Waals surface area contributed by atoms with Gasteiger partial charge in [-0.05, 0) is 6.42 Å². The molecule has 0 saturated carbocycles. The highest BCUT2D eigenvalue weighted by atomic mass is 19.4. The zero-order chi connectivity index (χ0) is 10.1. The number of carbonyl (C=O) groups excluding carboxylic acids is 2. The van der Waals surface area contributed by atoms with Crippen molar-refractivity contribution in [2.45, 2.75) is 12.6 Å². The Balaban J connectivity index is 2.88. The molecule has 0 atom stereocenters. The maximum absolute atomic E-state index is 11.8. The largest absolute Gasteiger partial charge is 0.455 e. The van der Waals surface area contributed by atoms with E-state index in [4.69, 9.17) is 0 Å². The summed E-state index contributed by atoms with van der Waals surface area (Å²) >= 11 is 0. The van der Waals surface area contributed by atoms with Crippen LogP contribution in [0.3, 0.4) is 0 Å². The summed E-state index contributed by atoms with van der Waals surface area (Å²) in [7, 11) is 0. The number of halogens is 3. The molecule has 3 nitrogen and oxygen atoms in total. The van der Waals surface area contributed by atoms with Crippen LogP contribution >= 0.6 is 0 Å². The summed E-state index contributed by atoms with van der Waals surface area (Å²) in [5.41, 5.74) is -0.807. The molecule has 0 aromatic carbocycles. The maximum Gasteiger partial charge on any atom is 0.455 e. The van der Waals surface area contributed by atoms with E-state index in [1.165, 1.54) is 0 Å². The zero-order valence-electron chi connectivity index (χ0n) is 6.44. The number of carbonyl (C=O) groups is 2. The van der Waals surface area contributed by atoms with Crippen LogP contribution in [0.2, 0.25) is 0 Å². The summed E-state index contributed by atoms with van der Waals surface area (Å²) in [6.07, 6.45) is -3.71. The summed E-state index contributed by atoms with van der Waals surface area (Å²) < 4.78 is 35.5. The molecule has 0 saturated heterocycles. The van der Waals surface area contributed by atoms with Gasteiger partial charge in [0, 0.05) is 6.54 Å². The van der Waals surface area contributed by atoms with E-state index in [9.17, 15) is 22.8 Å². The summed E-state index contributed by atoms with van der Waals surface area (Å²) in [5.74, 6) is -3.03. The summed E-state index contributed by atoms with van der Waals surface area (Å²) in [6, 6.07) is 0. The van der Waals surface area contributed by atoms with Crippen molar-refractivity contribution in [2.75, 3.05) is 6.54 Å². The third kappa shape index (κ3) is 2.07. The van der Waals surface area contributed by atoms with Crippen LogP contribution in [-0.4, -0.2) is 24.4 Å². The van der Waals surface area contributed by atoms with Crippen molar-refractivity contribution in [1.82, 2.24) is 5.32 Å². The van der Waals surface area contributed by atoms with Crippen molar-refractivity contribution in [3.8, 4) is 0 Å². The molecule has 0 aromatic rings. The maximum atomic E-state index is 11.8. The second-order valence-corrected chi connectivity index (χ2v) is 2.49. The Morgan fingerprint density at radius 3 is 2.54 bits per heavy atom. The number of hydrogen-bond donors (Lipinski definition) is 1. The molecule has 6 heteroatoms. The Labute approximate surface area is 71.6 Å². The SMILES string of the molecule is O=C1NCCC=C1C(=O)C(F)(F)F. The van der Waals surface area contributed by atoms with Gasteiger partial charge in [-0.15, -0.1) is 0 Å². The first-order valence-corrected chi connectivity index (χ1v) is 3.53. The first kappa shape index (κ1) is 9.76. The van der Waals surface area contributed by atoms with Gasteiger partial charge in [0.1, 0.15) is 0 Å². The number of nitrogens with one attached hydrogen (secondary N) is 1. The van der Waals surface area contributed by atoms with E-state index in [0.29, 0.717) is 0 Å². The topological polar surface area (TPSA) is 46.2 Å². The van der Waals surface area contributed by atoms with Gasteiger partial charge in [-0.1, -0.05) is 6.08 Å². The molecule has 1 amide bonds. The van der Waals surface area contributed by atoms with Crippen LogP contribution in [0.25, 0.3) is 0 Å². The average molecular weight is 193 g/mol. The van der Waals surface area contributed by atoms with Crippen molar-refractivity contribution < 1.29 is 22.8 Å². The lowest BCUT2D eigenvalue weighted by Gasteiger charge is -2.13. The molecule has 1 aliphatic heterocycles. The monoisotopic (exact) mass is 193 g/mol. The Morgan fingerprint density at radius 1 is 1.46 bits per heavy atom. The quantitative estimate of drug-likeness (QED) is 0.618. The van der Waals surface area contributed by atoms with Gasteiger partial charge in [0.05, 0.1) is 5.57 Å². The van der Waals surface area contributed by atoms with Gasteiger partial charge in [0.25, 0.3) is 11.7 Å². The van der Waals surface area contributed by atoms with Crippen LogP contribution in [0.15, 0.2) is 11.6 Å². The van der Waals surface area contributed by atoms with Crippen molar-refractivity contribution in [1.29, 1.82) is 0 Å². The van der Waals surface area contributed by atoms with E-state index in [0.717, 1.165) is 6.08 Å². The first-order valence-electron chi connectivity index (χ1n) is 3.53. The normalized spacial score (nSPS) is 17.8. The van der Waals surface area contributed by atoms with E-state index in [1.54, 1.807) is 0 Å². The fraction of sp³-hybridized carbons (Fsp3) is 0.429. The van der Waals surface area contributed by atoms with Crippen molar-refractivity contribution in [3.05, 3.63) is 11.6 Å². The summed E-state index contributed by atoms with van der Waals surface area (Å²) in [6.45, 7) is 0.271. The molecule has 0 spiro atoms. The fourth-order valence-corrected chi connectivity index (χ4v) is 0.939. The Morgan fingerprint density at radius 2 is 2.08 bits per heavy atom. The molecular weight excluding hydrogens is 187 g/mol. The lowest BCUT2D eigenvalue weighted by atomic mass is 10.1. The summed E-state index contributed by atoms with van der Waals surface area (Å²) in [4.78, 5) is 21.4. The minimum absolute atomic E-state index is 0.253. The van der Waals surface area contributed by atoms with Crippen LogP contribution in [0.5, 0.6) is 0 Å². The molecule has 1 N–H and O–H groups in total. The predicted octanol–water partition coefficient (Wildman–Crippen LogP) is 0.564. The second kappa shape index (κ2) is 3.20. The molecule has 1 aliphatic rings. The molecule has 0 radical (unpaired) electrons. The molecule has 13 heavy (non-hydrogen) atoms. The molecule has 1 heterocycles. The van der Waals surface area contributed by atoms with E-state index < -0.39 is 23.4 Å². The van der Waals surface area contributed by atoms with Crippen LogP contribution in [0.4, 0.5) is 13.2 Å². The van der Waals surface area contributed by atoms with Gasteiger partial charge >= 0.3 is 6.18 Å². The van der Waals surface area contributed by atoms with Crippen LogP contribution < -0.4 is 5.32 Å². The molecule has 1 rings (SSSR count). The number of rotatable bonds is 1. The predicted molar refractivity (Wildman–Crippen MR) is 36.8 cm³/mol. The number of alkyl halides is 3. The van der Waals surface area contributed by atoms with Gasteiger partial charge < -0.3 is 5.32 Å². The first-order chi connectivity index (χ1) is 5.93. The third-order valence-electron chi connectivity index (χ3n) is 1.53. The number of amides is 1. The molecule has 0 aliphatic carbocycles. The van der Waals surface area contributed by atoms with Crippen molar-refractivity contribution in [3.63, 3.8) is 0 Å². The molecule has 0 unspecified atom stereocenters. The van der Waals surface area contributed by atoms with E-state index >= 15 is 0 Å². The molecule has 0 bridgehead atoms. The van der Waals surface area contributed by atoms with Crippen molar-refractivity contribution in [2.24, 2.45) is 0 Å². The zero-order valence-corrected chi connectivity index (χ0v) is 6.44. The lowest BCUT2D eigenvalue weighted by Crippen LogP contribution is -2.37. The second-order valence-electron chi connectivity index (χ2n) is 2.49. The lowest BCUT2D eigenvalue weighted by molar-refractivity contribution is -0.167. The van der Waals surface area contributed by atoms with Gasteiger partial charge in [0.2, 0.25) is 0 Å². The fourth-order valence-electron chi connectivity index (χ4n) is 0.939.